The second-order valence-corrected chi connectivity index (χ2v) is 2.57. The van der Waals surface area contributed by atoms with Crippen molar-refractivity contribution in [3.05, 3.63) is 0 Å². The second kappa shape index (κ2) is 2.84. The molecular weight excluding hydrogens is 136 g/mol. The molecule has 1 fully saturated rings. The van der Waals surface area contributed by atoms with E-state index in [1.807, 2.05) is 0 Å². The molecule has 60 valence electrons. The van der Waals surface area contributed by atoms with Crippen LogP contribution in [0.5, 0.6) is 0 Å². The van der Waals surface area contributed by atoms with Crippen molar-refractivity contribution in [3.8, 4) is 0 Å². The van der Waals surface area contributed by atoms with Crippen LogP contribution in [0.4, 0.5) is 0 Å². The Balaban J connectivity index is 2.41. The summed E-state index contributed by atoms with van der Waals surface area (Å²) in [7, 11) is 0. The maximum atomic E-state index is 9.22. The summed E-state index contributed by atoms with van der Waals surface area (Å²) >= 11 is 0. The fourth-order valence-electron chi connectivity index (χ4n) is 1.06. The molecule has 1 heterocycles. The maximum absolute atomic E-state index is 9.22. The average molecular weight is 148 g/mol. The molecule has 0 radical (unpaired) electrons. The van der Waals surface area contributed by atoms with E-state index < -0.39 is 12.4 Å². The monoisotopic (exact) mass is 148 g/mol. The number of aliphatic hydroxyl groups is 3. The minimum Gasteiger partial charge on any atom is -0.394 e. The van der Waals surface area contributed by atoms with Crippen LogP contribution in [0.3, 0.4) is 0 Å². The van der Waals surface area contributed by atoms with Crippen molar-refractivity contribution in [3.63, 3.8) is 0 Å². The first-order valence-corrected chi connectivity index (χ1v) is 3.32. The molecule has 1 aliphatic heterocycles. The van der Waals surface area contributed by atoms with Crippen LogP contribution in [0.1, 0.15) is 12.8 Å². The Morgan fingerprint density at radius 3 is 2.50 bits per heavy atom. The Morgan fingerprint density at radius 1 is 1.50 bits per heavy atom. The molecule has 1 saturated heterocycles. The highest BCUT2D eigenvalue weighted by Gasteiger charge is 2.37. The summed E-state index contributed by atoms with van der Waals surface area (Å²) in [5.41, 5.74) is 0. The molecule has 2 unspecified atom stereocenters. The summed E-state index contributed by atoms with van der Waals surface area (Å²) in [5, 5.41) is 26.4. The highest BCUT2D eigenvalue weighted by molar-refractivity contribution is 4.78. The van der Waals surface area contributed by atoms with E-state index in [4.69, 9.17) is 14.9 Å². The molecule has 0 aliphatic carbocycles. The molecule has 4 heteroatoms. The van der Waals surface area contributed by atoms with Gasteiger partial charge in [0.15, 0.2) is 5.79 Å². The van der Waals surface area contributed by atoms with Gasteiger partial charge in [-0.2, -0.15) is 0 Å². The second-order valence-electron chi connectivity index (χ2n) is 2.57. The van der Waals surface area contributed by atoms with Gasteiger partial charge in [-0.1, -0.05) is 0 Å². The molecule has 0 bridgehead atoms. The first kappa shape index (κ1) is 7.94. The van der Waals surface area contributed by atoms with Crippen LogP contribution in [-0.4, -0.2) is 40.4 Å². The average Bonchev–Trinajstić information content (AvgIpc) is 2.33. The highest BCUT2D eigenvalue weighted by atomic mass is 16.6. The van der Waals surface area contributed by atoms with E-state index in [0.717, 1.165) is 0 Å². The van der Waals surface area contributed by atoms with E-state index in [1.165, 1.54) is 0 Å². The Hall–Kier alpha value is -0.160. The third kappa shape index (κ3) is 1.46. The van der Waals surface area contributed by atoms with Gasteiger partial charge in [0, 0.05) is 6.42 Å². The van der Waals surface area contributed by atoms with Gasteiger partial charge in [0.05, 0.1) is 19.3 Å². The summed E-state index contributed by atoms with van der Waals surface area (Å²) in [6.45, 7) is -0.494. The Bertz CT molecular complexity index is 116. The fraction of sp³-hybridized carbons (Fsp3) is 1.00. The molecule has 2 atom stereocenters. The molecular formula is C6H12O4. The smallest absolute Gasteiger partial charge is 0.189 e. The zero-order valence-electron chi connectivity index (χ0n) is 5.66. The summed E-state index contributed by atoms with van der Waals surface area (Å²) in [5.74, 6) is -1.40. The molecule has 0 spiro atoms. The van der Waals surface area contributed by atoms with Gasteiger partial charge in [-0.25, -0.2) is 0 Å². The zero-order chi connectivity index (χ0) is 7.61. The molecule has 0 aromatic heterocycles. The van der Waals surface area contributed by atoms with Crippen molar-refractivity contribution in [1.29, 1.82) is 0 Å². The number of rotatable bonds is 2. The molecule has 4 nitrogen and oxygen atoms in total. The van der Waals surface area contributed by atoms with Crippen LogP contribution >= 0.6 is 0 Å². The lowest BCUT2D eigenvalue weighted by atomic mass is 10.2. The van der Waals surface area contributed by atoms with Gasteiger partial charge in [-0.05, 0) is 6.42 Å². The molecule has 1 rings (SSSR count). The fourth-order valence-corrected chi connectivity index (χ4v) is 1.06. The number of ether oxygens (including phenoxy) is 1. The summed E-state index contributed by atoms with van der Waals surface area (Å²) in [6, 6.07) is 0. The molecule has 0 amide bonds. The predicted molar refractivity (Wildman–Crippen MR) is 33.2 cm³/mol. The van der Waals surface area contributed by atoms with Crippen molar-refractivity contribution in [2.75, 3.05) is 13.2 Å². The van der Waals surface area contributed by atoms with Crippen LogP contribution in [0.15, 0.2) is 0 Å². The number of hydrogen-bond donors (Lipinski definition) is 3. The molecule has 3 N–H and O–H groups in total. The minimum atomic E-state index is -1.40. The largest absolute Gasteiger partial charge is 0.394 e. The third-order valence-electron chi connectivity index (χ3n) is 1.69. The summed E-state index contributed by atoms with van der Waals surface area (Å²) in [4.78, 5) is 0. The van der Waals surface area contributed by atoms with Gasteiger partial charge in [-0.15, -0.1) is 0 Å². The van der Waals surface area contributed by atoms with Crippen molar-refractivity contribution in [2.45, 2.75) is 24.7 Å². The molecule has 1 aliphatic rings. The predicted octanol–water partition coefficient (Wildman–Crippen LogP) is -1.16. The van der Waals surface area contributed by atoms with Crippen LogP contribution in [0, 0.1) is 0 Å². The molecule has 0 saturated carbocycles. The van der Waals surface area contributed by atoms with Crippen LogP contribution in [-0.2, 0) is 4.74 Å². The summed E-state index contributed by atoms with van der Waals surface area (Å²) in [6.07, 6.45) is 0.694. The molecule has 10 heavy (non-hydrogen) atoms. The Labute approximate surface area is 59.1 Å². The van der Waals surface area contributed by atoms with E-state index in [1.54, 1.807) is 0 Å². The first-order valence-electron chi connectivity index (χ1n) is 3.32. The van der Waals surface area contributed by atoms with E-state index >= 15 is 0 Å². The van der Waals surface area contributed by atoms with Crippen molar-refractivity contribution >= 4 is 0 Å². The lowest BCUT2D eigenvalue weighted by Crippen LogP contribution is -2.33. The van der Waals surface area contributed by atoms with E-state index in [9.17, 15) is 5.11 Å². The van der Waals surface area contributed by atoms with Gasteiger partial charge >= 0.3 is 0 Å². The quantitative estimate of drug-likeness (QED) is 0.462. The third-order valence-corrected chi connectivity index (χ3v) is 1.69. The zero-order valence-corrected chi connectivity index (χ0v) is 5.66. The van der Waals surface area contributed by atoms with Gasteiger partial charge in [0.1, 0.15) is 0 Å². The van der Waals surface area contributed by atoms with Crippen molar-refractivity contribution in [2.24, 2.45) is 0 Å². The number of aliphatic hydroxyl groups excluding tert-OH is 2. The van der Waals surface area contributed by atoms with Crippen LogP contribution in [0.2, 0.25) is 0 Å². The highest BCUT2D eigenvalue weighted by Crippen LogP contribution is 2.26. The van der Waals surface area contributed by atoms with Crippen molar-refractivity contribution in [1.82, 2.24) is 0 Å². The normalized spacial score (nSPS) is 40.5. The van der Waals surface area contributed by atoms with E-state index in [2.05, 4.69) is 0 Å². The van der Waals surface area contributed by atoms with Crippen molar-refractivity contribution < 1.29 is 20.1 Å². The minimum absolute atomic E-state index is 0.0949. The summed E-state index contributed by atoms with van der Waals surface area (Å²) < 4.78 is 4.90. The topological polar surface area (TPSA) is 69.9 Å². The van der Waals surface area contributed by atoms with Gasteiger partial charge in [-0.3, -0.25) is 0 Å². The van der Waals surface area contributed by atoms with E-state index in [-0.39, 0.29) is 12.7 Å². The Morgan fingerprint density at radius 2 is 2.20 bits per heavy atom. The van der Waals surface area contributed by atoms with Gasteiger partial charge < -0.3 is 20.1 Å². The van der Waals surface area contributed by atoms with Gasteiger partial charge in [0.25, 0.3) is 0 Å². The van der Waals surface area contributed by atoms with Crippen LogP contribution in [0.25, 0.3) is 0 Å². The first-order chi connectivity index (χ1) is 4.70. The molecule has 0 aromatic rings. The Kier molecular flexibility index (Phi) is 2.25. The standard InChI is InChI=1S/C6H12O4/c7-3-5-1-2-6(9,4-8)10-5/h5,7-9H,1-4H2. The lowest BCUT2D eigenvalue weighted by Gasteiger charge is -2.19. The van der Waals surface area contributed by atoms with Gasteiger partial charge in [0.2, 0.25) is 0 Å². The van der Waals surface area contributed by atoms with E-state index in [0.29, 0.717) is 12.8 Å². The maximum Gasteiger partial charge on any atom is 0.189 e. The molecule has 0 aromatic carbocycles. The SMILES string of the molecule is OCC1CCC(O)(CO)O1. The van der Waals surface area contributed by atoms with Crippen LogP contribution < -0.4 is 0 Å². The number of hydrogen-bond acceptors (Lipinski definition) is 4. The lowest BCUT2D eigenvalue weighted by molar-refractivity contribution is -0.216.